The monoisotopic (exact) mass is 301 g/mol. The molecule has 0 heterocycles. The molecule has 0 radical (unpaired) electrons. The summed E-state index contributed by atoms with van der Waals surface area (Å²) in [5, 5.41) is 7.34. The molecule has 0 bridgehead atoms. The number of carbonyl (C=O) groups is 1. The average Bonchev–Trinajstić information content (AvgIpc) is 2.40. The zero-order valence-electron chi connectivity index (χ0n) is 11.7. The van der Waals surface area contributed by atoms with Gasteiger partial charge in [0, 0.05) is 13.6 Å². The van der Waals surface area contributed by atoms with E-state index in [1.807, 2.05) is 6.92 Å². The fourth-order valence-electron chi connectivity index (χ4n) is 1.60. The van der Waals surface area contributed by atoms with Gasteiger partial charge in [0.15, 0.2) is 5.25 Å². The lowest BCUT2D eigenvalue weighted by Gasteiger charge is -2.19. The van der Waals surface area contributed by atoms with Crippen LogP contribution in [0.1, 0.15) is 19.4 Å². The van der Waals surface area contributed by atoms with Crippen LogP contribution in [0.25, 0.3) is 0 Å². The molecule has 1 N–H and O–H groups in total. The summed E-state index contributed by atoms with van der Waals surface area (Å²) in [6.07, 6.45) is 0. The molecule has 0 spiro atoms. The van der Waals surface area contributed by atoms with Crippen LogP contribution < -0.4 is 4.74 Å². The number of nitrogens with zero attached hydrogens (tertiary/aromatic N) is 1. The molecule has 1 rings (SSSR count). The number of benzene rings is 1. The maximum absolute atomic E-state index is 12.0. The maximum atomic E-state index is 12.0. The molecule has 20 heavy (non-hydrogen) atoms. The van der Waals surface area contributed by atoms with Crippen LogP contribution in [0.5, 0.6) is 5.75 Å². The van der Waals surface area contributed by atoms with Gasteiger partial charge in [0.25, 0.3) is 0 Å². The van der Waals surface area contributed by atoms with Crippen LogP contribution >= 0.6 is 0 Å². The molecule has 6 nitrogen and oxygen atoms in total. The number of aliphatic carboxylic acids is 1. The predicted octanol–water partition coefficient (Wildman–Crippen LogP) is 1.32. The fraction of sp³-hybridized carbons (Fsp3) is 0.462. The molecule has 1 unspecified atom stereocenters. The molecule has 7 heteroatoms. The third-order valence-electron chi connectivity index (χ3n) is 2.87. The summed E-state index contributed by atoms with van der Waals surface area (Å²) in [6.45, 7) is 3.71. The van der Waals surface area contributed by atoms with E-state index in [0.29, 0.717) is 12.4 Å². The van der Waals surface area contributed by atoms with E-state index in [1.54, 1.807) is 24.3 Å². The lowest BCUT2D eigenvalue weighted by Crippen LogP contribution is -2.38. The van der Waals surface area contributed by atoms with Crippen LogP contribution in [0.15, 0.2) is 24.3 Å². The summed E-state index contributed by atoms with van der Waals surface area (Å²) in [7, 11) is -2.49. The van der Waals surface area contributed by atoms with Crippen molar-refractivity contribution in [2.45, 2.75) is 25.6 Å². The normalized spacial score (nSPS) is 13.2. The topological polar surface area (TPSA) is 83.9 Å². The SMILES string of the molecule is CCOc1ccc(CN(C)S(=O)(=O)C(C)C(=O)O)cc1. The van der Waals surface area contributed by atoms with Crippen molar-refractivity contribution < 1.29 is 23.1 Å². The molecular formula is C13H19NO5S. The van der Waals surface area contributed by atoms with Crippen LogP contribution in [0.4, 0.5) is 0 Å². The van der Waals surface area contributed by atoms with Gasteiger partial charge < -0.3 is 9.84 Å². The highest BCUT2D eigenvalue weighted by Crippen LogP contribution is 2.16. The molecule has 0 aliphatic carbocycles. The molecule has 1 atom stereocenters. The third-order valence-corrected chi connectivity index (χ3v) is 4.96. The first-order valence-electron chi connectivity index (χ1n) is 6.18. The minimum Gasteiger partial charge on any atom is -0.494 e. The zero-order chi connectivity index (χ0) is 15.3. The van der Waals surface area contributed by atoms with E-state index in [2.05, 4.69) is 0 Å². The highest BCUT2D eigenvalue weighted by atomic mass is 32.2. The number of hydrogen-bond donors (Lipinski definition) is 1. The van der Waals surface area contributed by atoms with Crippen LogP contribution in [0, 0.1) is 0 Å². The Balaban J connectivity index is 2.80. The van der Waals surface area contributed by atoms with Crippen LogP contribution in [0.2, 0.25) is 0 Å². The maximum Gasteiger partial charge on any atom is 0.323 e. The molecular weight excluding hydrogens is 282 g/mol. The largest absolute Gasteiger partial charge is 0.494 e. The summed E-state index contributed by atoms with van der Waals surface area (Å²) in [5.41, 5.74) is 0.761. The third kappa shape index (κ3) is 3.94. The van der Waals surface area contributed by atoms with Gasteiger partial charge in [-0.3, -0.25) is 4.79 Å². The summed E-state index contributed by atoms with van der Waals surface area (Å²) in [4.78, 5) is 10.8. The van der Waals surface area contributed by atoms with Crippen molar-refractivity contribution in [3.63, 3.8) is 0 Å². The number of carboxylic acid groups (broad SMARTS) is 1. The lowest BCUT2D eigenvalue weighted by atomic mass is 10.2. The van der Waals surface area contributed by atoms with Gasteiger partial charge in [0.05, 0.1) is 6.61 Å². The van der Waals surface area contributed by atoms with E-state index in [1.165, 1.54) is 7.05 Å². The molecule has 0 aliphatic heterocycles. The van der Waals surface area contributed by atoms with Crippen molar-refractivity contribution in [3.05, 3.63) is 29.8 Å². The first kappa shape index (κ1) is 16.5. The smallest absolute Gasteiger partial charge is 0.323 e. The summed E-state index contributed by atoms with van der Waals surface area (Å²) < 4.78 is 30.3. The number of sulfonamides is 1. The van der Waals surface area contributed by atoms with E-state index >= 15 is 0 Å². The molecule has 0 aromatic heterocycles. The van der Waals surface area contributed by atoms with Crippen molar-refractivity contribution in [1.29, 1.82) is 0 Å². The van der Waals surface area contributed by atoms with E-state index in [-0.39, 0.29) is 6.54 Å². The molecule has 1 aromatic rings. The Kier molecular flexibility index (Phi) is 5.52. The van der Waals surface area contributed by atoms with Crippen molar-refractivity contribution in [2.75, 3.05) is 13.7 Å². The molecule has 0 saturated heterocycles. The second-order valence-electron chi connectivity index (χ2n) is 4.36. The predicted molar refractivity (Wildman–Crippen MR) is 75.1 cm³/mol. The summed E-state index contributed by atoms with van der Waals surface area (Å²) in [5.74, 6) is -0.649. The van der Waals surface area contributed by atoms with Gasteiger partial charge in [-0.1, -0.05) is 12.1 Å². The van der Waals surface area contributed by atoms with Gasteiger partial charge in [0.2, 0.25) is 10.0 Å². The minimum absolute atomic E-state index is 0.117. The Bertz CT molecular complexity index is 553. The Morgan fingerprint density at radius 2 is 1.90 bits per heavy atom. The standard InChI is InChI=1S/C13H19NO5S/c1-4-19-12-7-5-11(6-8-12)9-14(3)20(17,18)10(2)13(15)16/h5-8,10H,4,9H2,1-3H3,(H,15,16). The lowest BCUT2D eigenvalue weighted by molar-refractivity contribution is -0.136. The van der Waals surface area contributed by atoms with Gasteiger partial charge in [-0.2, -0.15) is 4.31 Å². The van der Waals surface area contributed by atoms with Crippen LogP contribution in [-0.2, 0) is 21.4 Å². The van der Waals surface area contributed by atoms with Gasteiger partial charge in [0.1, 0.15) is 5.75 Å². The Hall–Kier alpha value is -1.60. The summed E-state index contributed by atoms with van der Waals surface area (Å²) in [6, 6.07) is 7.00. The number of ether oxygens (including phenoxy) is 1. The molecule has 112 valence electrons. The average molecular weight is 301 g/mol. The number of hydrogen-bond acceptors (Lipinski definition) is 4. The van der Waals surface area contributed by atoms with Crippen molar-refractivity contribution in [3.8, 4) is 5.75 Å². The quantitative estimate of drug-likeness (QED) is 0.821. The molecule has 0 aliphatic rings. The van der Waals surface area contributed by atoms with E-state index in [9.17, 15) is 13.2 Å². The highest BCUT2D eigenvalue weighted by molar-refractivity contribution is 7.90. The highest BCUT2D eigenvalue weighted by Gasteiger charge is 2.31. The molecule has 0 amide bonds. The first-order chi connectivity index (χ1) is 9.28. The van der Waals surface area contributed by atoms with E-state index in [4.69, 9.17) is 9.84 Å². The van der Waals surface area contributed by atoms with Crippen molar-refractivity contribution in [1.82, 2.24) is 4.31 Å². The minimum atomic E-state index is -3.85. The second-order valence-corrected chi connectivity index (χ2v) is 6.72. The van der Waals surface area contributed by atoms with Crippen molar-refractivity contribution >= 4 is 16.0 Å². The summed E-state index contributed by atoms with van der Waals surface area (Å²) >= 11 is 0. The van der Waals surface area contributed by atoms with Gasteiger partial charge >= 0.3 is 5.97 Å². The van der Waals surface area contributed by atoms with Crippen molar-refractivity contribution in [2.24, 2.45) is 0 Å². The number of carboxylic acids is 1. The van der Waals surface area contributed by atoms with Crippen LogP contribution in [0.3, 0.4) is 0 Å². The Labute approximate surface area is 119 Å². The Morgan fingerprint density at radius 1 is 1.35 bits per heavy atom. The number of rotatable bonds is 7. The van der Waals surface area contributed by atoms with E-state index < -0.39 is 21.2 Å². The van der Waals surface area contributed by atoms with Crippen LogP contribution in [-0.4, -0.2) is 42.7 Å². The van der Waals surface area contributed by atoms with Gasteiger partial charge in [-0.15, -0.1) is 0 Å². The molecule has 0 fully saturated rings. The Morgan fingerprint density at radius 3 is 2.35 bits per heavy atom. The molecule has 0 saturated carbocycles. The molecule has 1 aromatic carbocycles. The van der Waals surface area contributed by atoms with Gasteiger partial charge in [-0.05, 0) is 31.5 Å². The van der Waals surface area contributed by atoms with Gasteiger partial charge in [-0.25, -0.2) is 8.42 Å². The fourth-order valence-corrected chi connectivity index (χ4v) is 2.73. The van der Waals surface area contributed by atoms with E-state index in [0.717, 1.165) is 16.8 Å². The second kappa shape index (κ2) is 6.71. The zero-order valence-corrected chi connectivity index (χ0v) is 12.6. The first-order valence-corrected chi connectivity index (χ1v) is 7.69.